The highest BCUT2D eigenvalue weighted by molar-refractivity contribution is 5.85. The Balaban J connectivity index is 0.00000280. The van der Waals surface area contributed by atoms with Gasteiger partial charge in [-0.2, -0.15) is 0 Å². The summed E-state index contributed by atoms with van der Waals surface area (Å²) in [6, 6.07) is 11.4. The zero-order chi connectivity index (χ0) is 19.1. The number of ether oxygens (including phenoxy) is 1. The minimum Gasteiger partial charge on any atom is -0.384 e. The molecule has 0 bridgehead atoms. The van der Waals surface area contributed by atoms with E-state index in [-0.39, 0.29) is 23.7 Å². The van der Waals surface area contributed by atoms with E-state index in [1.165, 1.54) is 5.56 Å². The number of carbonyl (C=O) groups is 1. The van der Waals surface area contributed by atoms with Crippen LogP contribution in [0.1, 0.15) is 43.7 Å². The second kappa shape index (κ2) is 11.1. The molecule has 0 aliphatic carbocycles. The Bertz CT molecular complexity index is 590. The number of hydrazine groups is 1. The molecule has 2 aliphatic rings. The standard InChI is InChI=1S/C21H34N4O2.ClH/c1-25(20(26)21(16-27-2)10-12-22-13-11-21)14-6-9-18-15-19(24-23-18)17-7-4-3-5-8-17;/h3-5,7-8,18-19,22-24H,6,9-16H2,1-2H3;1H. The van der Waals surface area contributed by atoms with Crippen molar-refractivity contribution < 1.29 is 9.53 Å². The summed E-state index contributed by atoms with van der Waals surface area (Å²) in [6.45, 7) is 3.10. The number of nitrogens with zero attached hydrogens (tertiary/aromatic N) is 1. The molecule has 1 amide bonds. The lowest BCUT2D eigenvalue weighted by Crippen LogP contribution is -2.50. The SMILES string of the molecule is COCC1(C(=O)N(C)CCCC2CC(c3ccccc3)NN2)CCNCC1.Cl. The molecule has 1 aromatic rings. The largest absolute Gasteiger partial charge is 0.384 e. The van der Waals surface area contributed by atoms with Gasteiger partial charge in [-0.25, -0.2) is 0 Å². The molecule has 28 heavy (non-hydrogen) atoms. The summed E-state index contributed by atoms with van der Waals surface area (Å²) in [5.74, 6) is 0.241. The van der Waals surface area contributed by atoms with Gasteiger partial charge < -0.3 is 15.0 Å². The quantitative estimate of drug-likeness (QED) is 0.613. The molecule has 0 saturated carbocycles. The maximum absolute atomic E-state index is 13.1. The molecular weight excluding hydrogens is 376 g/mol. The molecule has 3 rings (SSSR count). The van der Waals surface area contributed by atoms with Crippen molar-refractivity contribution in [2.24, 2.45) is 5.41 Å². The summed E-state index contributed by atoms with van der Waals surface area (Å²) in [5, 5.41) is 3.35. The molecule has 0 radical (unpaired) electrons. The second-order valence-corrected chi connectivity index (χ2v) is 8.02. The van der Waals surface area contributed by atoms with Crippen LogP contribution in [0.2, 0.25) is 0 Å². The summed E-state index contributed by atoms with van der Waals surface area (Å²) in [6.07, 6.45) is 4.87. The summed E-state index contributed by atoms with van der Waals surface area (Å²) in [5.41, 5.74) is 7.80. The van der Waals surface area contributed by atoms with Crippen LogP contribution in [-0.2, 0) is 9.53 Å². The highest BCUT2D eigenvalue weighted by Gasteiger charge is 2.41. The van der Waals surface area contributed by atoms with Gasteiger partial charge in [-0.1, -0.05) is 30.3 Å². The lowest BCUT2D eigenvalue weighted by Gasteiger charge is -2.38. The molecule has 2 aliphatic heterocycles. The van der Waals surface area contributed by atoms with Crippen molar-refractivity contribution in [3.8, 4) is 0 Å². The van der Waals surface area contributed by atoms with Crippen LogP contribution < -0.4 is 16.2 Å². The van der Waals surface area contributed by atoms with Gasteiger partial charge in [-0.05, 0) is 50.8 Å². The highest BCUT2D eigenvalue weighted by atomic mass is 35.5. The van der Waals surface area contributed by atoms with E-state index in [0.717, 1.165) is 51.7 Å². The molecule has 3 N–H and O–H groups in total. The van der Waals surface area contributed by atoms with E-state index in [1.807, 2.05) is 11.9 Å². The van der Waals surface area contributed by atoms with E-state index in [2.05, 4.69) is 46.5 Å². The number of benzene rings is 1. The number of halogens is 1. The van der Waals surface area contributed by atoms with Gasteiger partial charge in [0.15, 0.2) is 0 Å². The second-order valence-electron chi connectivity index (χ2n) is 8.02. The molecule has 2 atom stereocenters. The first-order chi connectivity index (χ1) is 13.1. The van der Waals surface area contributed by atoms with Crippen LogP contribution in [0.4, 0.5) is 0 Å². The Kier molecular flexibility index (Phi) is 9.18. The number of hydrogen-bond acceptors (Lipinski definition) is 5. The van der Waals surface area contributed by atoms with E-state index >= 15 is 0 Å². The normalized spacial score (nSPS) is 23.8. The number of methoxy groups -OCH3 is 1. The van der Waals surface area contributed by atoms with E-state index in [1.54, 1.807) is 7.11 Å². The Hall–Kier alpha value is -1.18. The predicted molar refractivity (Wildman–Crippen MR) is 114 cm³/mol. The number of carbonyl (C=O) groups excluding carboxylic acids is 1. The predicted octanol–water partition coefficient (Wildman–Crippen LogP) is 2.27. The fraction of sp³-hybridized carbons (Fsp3) is 0.667. The smallest absolute Gasteiger partial charge is 0.230 e. The Morgan fingerprint density at radius 1 is 1.21 bits per heavy atom. The van der Waals surface area contributed by atoms with Crippen molar-refractivity contribution in [1.29, 1.82) is 0 Å². The van der Waals surface area contributed by atoms with E-state index < -0.39 is 0 Å². The summed E-state index contributed by atoms with van der Waals surface area (Å²) in [7, 11) is 3.63. The maximum atomic E-state index is 13.1. The fourth-order valence-electron chi connectivity index (χ4n) is 4.40. The molecule has 158 valence electrons. The Morgan fingerprint density at radius 3 is 2.61 bits per heavy atom. The summed E-state index contributed by atoms with van der Waals surface area (Å²) < 4.78 is 5.40. The summed E-state index contributed by atoms with van der Waals surface area (Å²) >= 11 is 0. The topological polar surface area (TPSA) is 65.6 Å². The zero-order valence-corrected chi connectivity index (χ0v) is 17.9. The lowest BCUT2D eigenvalue weighted by molar-refractivity contribution is -0.146. The Labute approximate surface area is 175 Å². The average molecular weight is 411 g/mol. The minimum absolute atomic E-state index is 0. The third kappa shape index (κ3) is 5.67. The molecule has 6 nitrogen and oxygen atoms in total. The summed E-state index contributed by atoms with van der Waals surface area (Å²) in [4.78, 5) is 15.0. The van der Waals surface area contributed by atoms with Crippen molar-refractivity contribution in [3.05, 3.63) is 35.9 Å². The number of amides is 1. The number of piperidine rings is 1. The van der Waals surface area contributed by atoms with Crippen LogP contribution in [0.3, 0.4) is 0 Å². The van der Waals surface area contributed by atoms with Gasteiger partial charge in [0.25, 0.3) is 0 Å². The maximum Gasteiger partial charge on any atom is 0.230 e. The van der Waals surface area contributed by atoms with Crippen LogP contribution in [-0.4, -0.2) is 57.2 Å². The monoisotopic (exact) mass is 410 g/mol. The van der Waals surface area contributed by atoms with E-state index in [9.17, 15) is 4.79 Å². The Morgan fingerprint density at radius 2 is 1.93 bits per heavy atom. The van der Waals surface area contributed by atoms with Gasteiger partial charge in [0.1, 0.15) is 0 Å². The van der Waals surface area contributed by atoms with Gasteiger partial charge in [0, 0.05) is 32.8 Å². The molecule has 7 heteroatoms. The van der Waals surface area contributed by atoms with Crippen LogP contribution in [0.15, 0.2) is 30.3 Å². The molecule has 2 saturated heterocycles. The van der Waals surface area contributed by atoms with Crippen molar-refractivity contribution >= 4 is 18.3 Å². The van der Waals surface area contributed by atoms with Crippen molar-refractivity contribution in [2.45, 2.75) is 44.2 Å². The van der Waals surface area contributed by atoms with Gasteiger partial charge in [0.2, 0.25) is 5.91 Å². The van der Waals surface area contributed by atoms with Gasteiger partial charge in [-0.15, -0.1) is 12.4 Å². The number of rotatable bonds is 8. The first-order valence-electron chi connectivity index (χ1n) is 10.2. The van der Waals surface area contributed by atoms with Crippen LogP contribution >= 0.6 is 12.4 Å². The van der Waals surface area contributed by atoms with Crippen LogP contribution in [0.25, 0.3) is 0 Å². The molecular formula is C21H35ClN4O2. The van der Waals surface area contributed by atoms with Crippen LogP contribution in [0, 0.1) is 5.41 Å². The van der Waals surface area contributed by atoms with Crippen molar-refractivity contribution in [1.82, 2.24) is 21.1 Å². The molecule has 2 heterocycles. The highest BCUT2D eigenvalue weighted by Crippen LogP contribution is 2.31. The molecule has 2 fully saturated rings. The lowest BCUT2D eigenvalue weighted by atomic mass is 9.78. The number of nitrogens with one attached hydrogen (secondary N) is 3. The van der Waals surface area contributed by atoms with Crippen molar-refractivity contribution in [2.75, 3.05) is 40.4 Å². The van der Waals surface area contributed by atoms with E-state index in [0.29, 0.717) is 18.7 Å². The average Bonchev–Trinajstić information content (AvgIpc) is 3.18. The minimum atomic E-state index is -0.347. The third-order valence-electron chi connectivity index (χ3n) is 6.01. The van der Waals surface area contributed by atoms with Gasteiger partial charge in [0.05, 0.1) is 12.0 Å². The molecule has 0 aromatic heterocycles. The fourth-order valence-corrected chi connectivity index (χ4v) is 4.40. The molecule has 0 spiro atoms. The third-order valence-corrected chi connectivity index (χ3v) is 6.01. The van der Waals surface area contributed by atoms with Crippen LogP contribution in [0.5, 0.6) is 0 Å². The number of hydrogen-bond donors (Lipinski definition) is 3. The zero-order valence-electron chi connectivity index (χ0n) is 17.1. The molecule has 2 unspecified atom stereocenters. The van der Waals surface area contributed by atoms with Crippen molar-refractivity contribution in [3.63, 3.8) is 0 Å². The molecule has 1 aromatic carbocycles. The van der Waals surface area contributed by atoms with Gasteiger partial charge >= 0.3 is 0 Å². The van der Waals surface area contributed by atoms with E-state index in [4.69, 9.17) is 4.74 Å². The first-order valence-corrected chi connectivity index (χ1v) is 10.2. The van der Waals surface area contributed by atoms with Gasteiger partial charge in [-0.3, -0.25) is 15.6 Å². The first kappa shape index (κ1) is 23.1.